The van der Waals surface area contributed by atoms with Crippen molar-refractivity contribution in [2.75, 3.05) is 37.4 Å². The van der Waals surface area contributed by atoms with Crippen molar-refractivity contribution in [3.63, 3.8) is 0 Å². The zero-order valence-corrected chi connectivity index (χ0v) is 18.9. The minimum Gasteiger partial charge on any atom is -0.486 e. The number of anilines is 3. The molecule has 3 aromatic rings. The molecule has 0 aliphatic carbocycles. The van der Waals surface area contributed by atoms with Gasteiger partial charge in [0.05, 0.1) is 6.20 Å². The molecule has 4 rings (SSSR count). The quantitative estimate of drug-likeness (QED) is 0.494. The van der Waals surface area contributed by atoms with Crippen LogP contribution >= 0.6 is 0 Å². The Morgan fingerprint density at radius 1 is 1.24 bits per heavy atom. The molecule has 9 nitrogen and oxygen atoms in total. The first-order valence-electron chi connectivity index (χ1n) is 10.6. The lowest BCUT2D eigenvalue weighted by atomic mass is 9.90. The highest BCUT2D eigenvalue weighted by Gasteiger charge is 2.25. The van der Waals surface area contributed by atoms with Gasteiger partial charge >= 0.3 is 0 Å². The standard InChI is InChI=1S/C22H26F2N6O3/c1-5-22(2,3)11-26-21(31)12-10-27-30-16(25-4)9-15(29-20(12)30)28-18-17(24)13(23)8-14-19(18)33-7-6-32-14/h8-10,25H,5-7,11H2,1-4H3,(H,26,31)(H,28,29). The van der Waals surface area contributed by atoms with Crippen LogP contribution in [-0.2, 0) is 0 Å². The molecular formula is C22H26F2N6O3. The van der Waals surface area contributed by atoms with Crippen molar-refractivity contribution >= 4 is 28.9 Å². The molecule has 0 spiro atoms. The summed E-state index contributed by atoms with van der Waals surface area (Å²) in [5.41, 5.74) is 0.200. The summed E-state index contributed by atoms with van der Waals surface area (Å²) in [5, 5.41) is 12.9. The second-order valence-electron chi connectivity index (χ2n) is 8.47. The summed E-state index contributed by atoms with van der Waals surface area (Å²) in [7, 11) is 1.67. The van der Waals surface area contributed by atoms with Crippen molar-refractivity contribution in [1.82, 2.24) is 19.9 Å². The number of nitrogens with one attached hydrogen (secondary N) is 3. The Morgan fingerprint density at radius 3 is 2.73 bits per heavy atom. The zero-order valence-electron chi connectivity index (χ0n) is 18.9. The fourth-order valence-corrected chi connectivity index (χ4v) is 3.28. The predicted molar refractivity (Wildman–Crippen MR) is 120 cm³/mol. The molecule has 3 N–H and O–H groups in total. The Hall–Kier alpha value is -3.63. The van der Waals surface area contributed by atoms with Crippen LogP contribution in [0.2, 0.25) is 0 Å². The fraction of sp³-hybridized carbons (Fsp3) is 0.409. The number of halogens is 2. The van der Waals surface area contributed by atoms with Crippen molar-refractivity contribution in [2.24, 2.45) is 5.41 Å². The van der Waals surface area contributed by atoms with Crippen LogP contribution in [0.25, 0.3) is 5.65 Å². The summed E-state index contributed by atoms with van der Waals surface area (Å²) in [4.78, 5) is 17.3. The summed E-state index contributed by atoms with van der Waals surface area (Å²) in [6.07, 6.45) is 2.32. The molecule has 0 atom stereocenters. The van der Waals surface area contributed by atoms with Gasteiger partial charge in [0.25, 0.3) is 5.91 Å². The maximum Gasteiger partial charge on any atom is 0.256 e. The molecule has 0 saturated heterocycles. The first-order valence-corrected chi connectivity index (χ1v) is 10.6. The van der Waals surface area contributed by atoms with E-state index in [1.54, 1.807) is 13.1 Å². The normalized spacial score (nSPS) is 13.2. The van der Waals surface area contributed by atoms with Gasteiger partial charge in [-0.25, -0.2) is 13.8 Å². The molecule has 1 amide bonds. The number of hydrogen-bond donors (Lipinski definition) is 3. The number of amides is 1. The van der Waals surface area contributed by atoms with Crippen LogP contribution in [0.4, 0.5) is 26.1 Å². The maximum absolute atomic E-state index is 14.7. The van der Waals surface area contributed by atoms with E-state index in [-0.39, 0.29) is 58.8 Å². The molecule has 0 fully saturated rings. The first-order chi connectivity index (χ1) is 15.7. The van der Waals surface area contributed by atoms with E-state index >= 15 is 0 Å². The van der Waals surface area contributed by atoms with Crippen molar-refractivity contribution in [3.8, 4) is 11.5 Å². The van der Waals surface area contributed by atoms with Crippen molar-refractivity contribution in [1.29, 1.82) is 0 Å². The van der Waals surface area contributed by atoms with Crippen LogP contribution in [0.1, 0.15) is 37.6 Å². The summed E-state index contributed by atoms with van der Waals surface area (Å²) >= 11 is 0. The van der Waals surface area contributed by atoms with Crippen molar-refractivity contribution in [2.45, 2.75) is 27.2 Å². The van der Waals surface area contributed by atoms with Crippen LogP contribution in [0.5, 0.6) is 11.5 Å². The lowest BCUT2D eigenvalue weighted by Crippen LogP contribution is -2.33. The van der Waals surface area contributed by atoms with Crippen LogP contribution in [-0.4, -0.2) is 47.3 Å². The maximum atomic E-state index is 14.7. The summed E-state index contributed by atoms with van der Waals surface area (Å²) in [5.74, 6) is -1.74. The molecule has 11 heteroatoms. The number of benzene rings is 1. The van der Waals surface area contributed by atoms with Gasteiger partial charge in [-0.3, -0.25) is 4.79 Å². The fourth-order valence-electron chi connectivity index (χ4n) is 3.28. The molecular weight excluding hydrogens is 434 g/mol. The largest absolute Gasteiger partial charge is 0.486 e. The molecule has 2 aromatic heterocycles. The Kier molecular flexibility index (Phi) is 5.96. The zero-order chi connectivity index (χ0) is 23.8. The van der Waals surface area contributed by atoms with E-state index in [1.165, 1.54) is 10.7 Å². The smallest absolute Gasteiger partial charge is 0.256 e. The van der Waals surface area contributed by atoms with E-state index < -0.39 is 11.6 Å². The van der Waals surface area contributed by atoms with Crippen molar-refractivity contribution in [3.05, 3.63) is 35.5 Å². The van der Waals surface area contributed by atoms with Gasteiger partial charge in [0.1, 0.15) is 36.1 Å². The van der Waals surface area contributed by atoms with Gasteiger partial charge in [0, 0.05) is 25.7 Å². The lowest BCUT2D eigenvalue weighted by molar-refractivity contribution is 0.0937. The molecule has 176 valence electrons. The second kappa shape index (κ2) is 8.72. The number of carbonyl (C=O) groups excluding carboxylic acids is 1. The van der Waals surface area contributed by atoms with Crippen molar-refractivity contribution < 1.29 is 23.0 Å². The van der Waals surface area contributed by atoms with Gasteiger partial charge in [-0.05, 0) is 11.8 Å². The predicted octanol–water partition coefficient (Wildman–Crippen LogP) is 3.73. The van der Waals surface area contributed by atoms with E-state index in [0.717, 1.165) is 12.5 Å². The number of hydrogen-bond acceptors (Lipinski definition) is 7. The molecule has 33 heavy (non-hydrogen) atoms. The number of aromatic nitrogens is 3. The van der Waals surface area contributed by atoms with Crippen LogP contribution in [0.3, 0.4) is 0 Å². The summed E-state index contributed by atoms with van der Waals surface area (Å²) < 4.78 is 41.2. The molecule has 1 aromatic carbocycles. The molecule has 0 saturated carbocycles. The number of carbonyl (C=O) groups is 1. The molecule has 1 aliphatic heterocycles. The van der Waals surface area contributed by atoms with Crippen LogP contribution in [0, 0.1) is 17.0 Å². The molecule has 3 heterocycles. The van der Waals surface area contributed by atoms with E-state index in [2.05, 4.69) is 46.8 Å². The highest BCUT2D eigenvalue weighted by molar-refractivity contribution is 6.00. The molecule has 0 unspecified atom stereocenters. The van der Waals surface area contributed by atoms with Gasteiger partial charge in [-0.1, -0.05) is 20.8 Å². The van der Waals surface area contributed by atoms with Gasteiger partial charge in [-0.15, -0.1) is 0 Å². The van der Waals surface area contributed by atoms with E-state index in [9.17, 15) is 13.6 Å². The van der Waals surface area contributed by atoms with Gasteiger partial charge in [0.2, 0.25) is 0 Å². The lowest BCUT2D eigenvalue weighted by Gasteiger charge is -2.22. The number of fused-ring (bicyclic) bond motifs is 2. The third kappa shape index (κ3) is 4.35. The Bertz CT molecular complexity index is 1210. The molecule has 0 bridgehead atoms. The number of rotatable bonds is 7. The van der Waals surface area contributed by atoms with Crippen LogP contribution < -0.4 is 25.4 Å². The van der Waals surface area contributed by atoms with E-state index in [1.807, 2.05) is 0 Å². The third-order valence-electron chi connectivity index (χ3n) is 5.64. The van der Waals surface area contributed by atoms with E-state index in [0.29, 0.717) is 12.4 Å². The summed E-state index contributed by atoms with van der Waals surface area (Å²) in [6, 6.07) is 2.50. The number of nitrogens with zero attached hydrogens (tertiary/aromatic N) is 3. The Morgan fingerprint density at radius 2 is 2.00 bits per heavy atom. The first kappa shape index (κ1) is 22.6. The minimum absolute atomic E-state index is 0.0566. The van der Waals surface area contributed by atoms with Gasteiger partial charge in [0.15, 0.2) is 28.8 Å². The summed E-state index contributed by atoms with van der Waals surface area (Å²) in [6.45, 7) is 7.08. The second-order valence-corrected chi connectivity index (χ2v) is 8.47. The average molecular weight is 460 g/mol. The molecule has 0 radical (unpaired) electrons. The average Bonchev–Trinajstić information content (AvgIpc) is 3.24. The SMILES string of the molecule is CCC(C)(C)CNC(=O)c1cnn2c(NC)cc(Nc3c(F)c(F)cc4c3OCCO4)nc12. The van der Waals surface area contributed by atoms with Gasteiger partial charge in [-0.2, -0.15) is 9.61 Å². The number of ether oxygens (including phenoxy) is 2. The highest BCUT2D eigenvalue weighted by Crippen LogP contribution is 2.42. The van der Waals surface area contributed by atoms with Crippen LogP contribution in [0.15, 0.2) is 18.3 Å². The van der Waals surface area contributed by atoms with E-state index in [4.69, 9.17) is 9.47 Å². The molecule has 1 aliphatic rings. The highest BCUT2D eigenvalue weighted by atomic mass is 19.2. The topological polar surface area (TPSA) is 102 Å². The Balaban J connectivity index is 1.72. The minimum atomic E-state index is -1.12. The monoisotopic (exact) mass is 460 g/mol. The van der Waals surface area contributed by atoms with Gasteiger partial charge < -0.3 is 25.4 Å². The Labute approximate surface area is 189 Å². The third-order valence-corrected chi connectivity index (χ3v) is 5.64.